The van der Waals surface area contributed by atoms with Crippen molar-refractivity contribution < 1.29 is 0 Å². The molecule has 2 nitrogen and oxygen atoms in total. The van der Waals surface area contributed by atoms with Crippen molar-refractivity contribution in [2.45, 2.75) is 0 Å². The van der Waals surface area contributed by atoms with E-state index in [1.165, 1.54) is 22.5 Å². The number of hydrogen-bond donors (Lipinski definition) is 0. The first-order valence-corrected chi connectivity index (χ1v) is 5.68. The van der Waals surface area contributed by atoms with E-state index in [2.05, 4.69) is 42.9 Å². The maximum absolute atomic E-state index is 4.31. The van der Waals surface area contributed by atoms with Crippen molar-refractivity contribution in [1.29, 1.82) is 0 Å². The first-order chi connectivity index (χ1) is 6.86. The molecule has 0 aliphatic heterocycles. The minimum Gasteiger partial charge on any atom is -0.172 e. The van der Waals surface area contributed by atoms with Crippen molar-refractivity contribution in [3.05, 3.63) is 34.8 Å². The second-order valence-electron chi connectivity index (χ2n) is 3.04. The Morgan fingerprint density at radius 1 is 1.07 bits per heavy atom. The van der Waals surface area contributed by atoms with Crippen LogP contribution in [0.4, 0.5) is 0 Å². The summed E-state index contributed by atoms with van der Waals surface area (Å²) in [6.45, 7) is 0. The van der Waals surface area contributed by atoms with Crippen LogP contribution in [0.3, 0.4) is 0 Å². The number of aromatic nitrogens is 2. The molecule has 68 valence electrons. The van der Waals surface area contributed by atoms with Crippen molar-refractivity contribution in [1.82, 2.24) is 8.75 Å². The van der Waals surface area contributed by atoms with Crippen molar-refractivity contribution >= 4 is 49.5 Å². The largest absolute Gasteiger partial charge is 0.172 e. The van der Waals surface area contributed by atoms with Gasteiger partial charge in [-0.2, -0.15) is 8.75 Å². The third-order valence-corrected chi connectivity index (χ3v) is 3.35. The van der Waals surface area contributed by atoms with Gasteiger partial charge in [0, 0.05) is 9.86 Å². The van der Waals surface area contributed by atoms with Gasteiger partial charge in [0.25, 0.3) is 0 Å². The van der Waals surface area contributed by atoms with Crippen LogP contribution < -0.4 is 0 Å². The van der Waals surface area contributed by atoms with Crippen LogP contribution in [0.5, 0.6) is 0 Å². The molecule has 1 aromatic heterocycles. The standard InChI is InChI=1S/C10H5BrN2S/c11-8-5-6-3-1-2-4-7(6)9-10(8)13-14-12-9/h1-5H. The van der Waals surface area contributed by atoms with Crippen LogP contribution in [-0.2, 0) is 0 Å². The van der Waals surface area contributed by atoms with E-state index in [0.29, 0.717) is 0 Å². The summed E-state index contributed by atoms with van der Waals surface area (Å²) in [6, 6.07) is 10.3. The molecule has 14 heavy (non-hydrogen) atoms. The fraction of sp³-hybridized carbons (Fsp3) is 0. The highest BCUT2D eigenvalue weighted by atomic mass is 79.9. The smallest absolute Gasteiger partial charge is 0.119 e. The molecule has 2 aromatic carbocycles. The van der Waals surface area contributed by atoms with Crippen LogP contribution in [0.25, 0.3) is 21.8 Å². The lowest BCUT2D eigenvalue weighted by Crippen LogP contribution is -1.77. The molecule has 0 saturated heterocycles. The summed E-state index contributed by atoms with van der Waals surface area (Å²) in [5.41, 5.74) is 1.94. The van der Waals surface area contributed by atoms with Crippen LogP contribution in [0.2, 0.25) is 0 Å². The van der Waals surface area contributed by atoms with E-state index in [-0.39, 0.29) is 0 Å². The molecule has 0 aliphatic rings. The van der Waals surface area contributed by atoms with Crippen LogP contribution in [0.15, 0.2) is 34.8 Å². The van der Waals surface area contributed by atoms with E-state index in [1.54, 1.807) is 0 Å². The third-order valence-electron chi connectivity index (χ3n) is 2.21. The van der Waals surface area contributed by atoms with Crippen molar-refractivity contribution in [3.63, 3.8) is 0 Å². The number of rotatable bonds is 0. The Bertz CT molecular complexity index is 618. The molecular formula is C10H5BrN2S. The van der Waals surface area contributed by atoms with E-state index in [9.17, 15) is 0 Å². The molecular weight excluding hydrogens is 260 g/mol. The Morgan fingerprint density at radius 3 is 2.79 bits per heavy atom. The van der Waals surface area contributed by atoms with Gasteiger partial charge in [-0.05, 0) is 27.4 Å². The molecule has 4 heteroatoms. The highest BCUT2D eigenvalue weighted by Crippen LogP contribution is 2.30. The van der Waals surface area contributed by atoms with Crippen LogP contribution in [-0.4, -0.2) is 8.75 Å². The number of nitrogens with zero attached hydrogens (tertiary/aromatic N) is 2. The second-order valence-corrected chi connectivity index (χ2v) is 4.42. The lowest BCUT2D eigenvalue weighted by Gasteiger charge is -1.98. The molecule has 1 heterocycles. The fourth-order valence-electron chi connectivity index (χ4n) is 1.57. The van der Waals surface area contributed by atoms with E-state index >= 15 is 0 Å². The summed E-state index contributed by atoms with van der Waals surface area (Å²) < 4.78 is 9.57. The Hall–Kier alpha value is -1.00. The van der Waals surface area contributed by atoms with Gasteiger partial charge in [-0.1, -0.05) is 24.3 Å². The average Bonchev–Trinajstić information content (AvgIpc) is 2.67. The highest BCUT2D eigenvalue weighted by Gasteiger charge is 2.07. The molecule has 0 amide bonds. The van der Waals surface area contributed by atoms with Gasteiger partial charge in [-0.3, -0.25) is 0 Å². The summed E-state index contributed by atoms with van der Waals surface area (Å²) in [7, 11) is 0. The van der Waals surface area contributed by atoms with Gasteiger partial charge in [-0.15, -0.1) is 0 Å². The van der Waals surface area contributed by atoms with E-state index in [4.69, 9.17) is 0 Å². The van der Waals surface area contributed by atoms with Crippen molar-refractivity contribution in [2.75, 3.05) is 0 Å². The number of hydrogen-bond acceptors (Lipinski definition) is 3. The Morgan fingerprint density at radius 2 is 1.86 bits per heavy atom. The topological polar surface area (TPSA) is 25.8 Å². The predicted molar refractivity (Wildman–Crippen MR) is 62.6 cm³/mol. The maximum atomic E-state index is 4.31. The summed E-state index contributed by atoms with van der Waals surface area (Å²) in [6.07, 6.45) is 0. The molecule has 3 rings (SSSR count). The minimum absolute atomic E-state index is 0.953. The monoisotopic (exact) mass is 264 g/mol. The highest BCUT2D eigenvalue weighted by molar-refractivity contribution is 9.10. The zero-order valence-electron chi connectivity index (χ0n) is 7.07. The first kappa shape index (κ1) is 8.32. The van der Waals surface area contributed by atoms with Crippen LogP contribution in [0, 0.1) is 0 Å². The molecule has 0 radical (unpaired) electrons. The fourth-order valence-corrected chi connectivity index (χ4v) is 2.78. The van der Waals surface area contributed by atoms with Gasteiger partial charge in [0.2, 0.25) is 0 Å². The molecule has 0 atom stereocenters. The van der Waals surface area contributed by atoms with Gasteiger partial charge in [0.05, 0.1) is 11.7 Å². The van der Waals surface area contributed by atoms with E-state index in [1.807, 2.05) is 12.1 Å². The summed E-state index contributed by atoms with van der Waals surface area (Å²) in [5.74, 6) is 0. The second kappa shape index (κ2) is 3.00. The zero-order chi connectivity index (χ0) is 9.54. The summed E-state index contributed by atoms with van der Waals surface area (Å²) in [5, 5.41) is 2.36. The molecule has 0 bridgehead atoms. The molecule has 0 saturated carbocycles. The Kier molecular flexibility index (Phi) is 1.78. The van der Waals surface area contributed by atoms with Crippen LogP contribution >= 0.6 is 27.7 Å². The molecule has 0 N–H and O–H groups in total. The van der Waals surface area contributed by atoms with E-state index < -0.39 is 0 Å². The number of fused-ring (bicyclic) bond motifs is 3. The zero-order valence-corrected chi connectivity index (χ0v) is 9.47. The minimum atomic E-state index is 0.953. The predicted octanol–water partition coefficient (Wildman–Crippen LogP) is 3.61. The van der Waals surface area contributed by atoms with Gasteiger partial charge < -0.3 is 0 Å². The Balaban J connectivity index is 2.66. The van der Waals surface area contributed by atoms with Gasteiger partial charge in [0.15, 0.2) is 0 Å². The normalized spacial score (nSPS) is 11.2. The lowest BCUT2D eigenvalue weighted by molar-refractivity contribution is 1.64. The van der Waals surface area contributed by atoms with Crippen molar-refractivity contribution in [3.8, 4) is 0 Å². The van der Waals surface area contributed by atoms with Gasteiger partial charge in [-0.25, -0.2) is 0 Å². The molecule has 0 unspecified atom stereocenters. The number of benzene rings is 2. The van der Waals surface area contributed by atoms with E-state index in [0.717, 1.165) is 15.5 Å². The SMILES string of the molecule is Brc1cc2ccccc2c2nsnc12. The molecule has 0 aliphatic carbocycles. The third kappa shape index (κ3) is 1.07. The van der Waals surface area contributed by atoms with Gasteiger partial charge in [0.1, 0.15) is 11.0 Å². The summed E-state index contributed by atoms with van der Waals surface area (Å²) in [4.78, 5) is 0. The van der Waals surface area contributed by atoms with Gasteiger partial charge >= 0.3 is 0 Å². The molecule has 0 spiro atoms. The van der Waals surface area contributed by atoms with Crippen molar-refractivity contribution in [2.24, 2.45) is 0 Å². The maximum Gasteiger partial charge on any atom is 0.119 e. The lowest BCUT2D eigenvalue weighted by atomic mass is 10.1. The Labute approximate surface area is 93.0 Å². The molecule has 3 aromatic rings. The van der Waals surface area contributed by atoms with Crippen LogP contribution in [0.1, 0.15) is 0 Å². The molecule has 0 fully saturated rings. The quantitative estimate of drug-likeness (QED) is 0.620. The average molecular weight is 265 g/mol. The first-order valence-electron chi connectivity index (χ1n) is 4.16. The number of halogens is 1. The summed E-state index contributed by atoms with van der Waals surface area (Å²) >= 11 is 4.75.